The van der Waals surface area contributed by atoms with Crippen LogP contribution in [0.3, 0.4) is 0 Å². The quantitative estimate of drug-likeness (QED) is 0.381. The summed E-state index contributed by atoms with van der Waals surface area (Å²) in [4.78, 5) is 24.3. The SMILES string of the molecule is O=C(CCc1ccccc1)Oc1ccc(C(=O)c2ccccc2)cc1. The van der Waals surface area contributed by atoms with Crippen molar-refractivity contribution in [3.05, 3.63) is 102 Å². The lowest BCUT2D eigenvalue weighted by atomic mass is 10.0. The van der Waals surface area contributed by atoms with Crippen LogP contribution in [0.4, 0.5) is 0 Å². The number of ether oxygens (including phenoxy) is 1. The van der Waals surface area contributed by atoms with Crippen LogP contribution >= 0.6 is 0 Å². The maximum Gasteiger partial charge on any atom is 0.311 e. The van der Waals surface area contributed by atoms with E-state index >= 15 is 0 Å². The number of esters is 1. The van der Waals surface area contributed by atoms with Gasteiger partial charge < -0.3 is 4.74 Å². The number of carbonyl (C=O) groups excluding carboxylic acids is 2. The lowest BCUT2D eigenvalue weighted by molar-refractivity contribution is -0.134. The molecular weight excluding hydrogens is 312 g/mol. The molecule has 3 heteroatoms. The van der Waals surface area contributed by atoms with Crippen molar-refractivity contribution in [3.63, 3.8) is 0 Å². The fraction of sp³-hybridized carbons (Fsp3) is 0.0909. The second-order valence-corrected chi connectivity index (χ2v) is 5.68. The van der Waals surface area contributed by atoms with Crippen LogP contribution in [0.5, 0.6) is 5.75 Å². The highest BCUT2D eigenvalue weighted by molar-refractivity contribution is 6.09. The first-order valence-electron chi connectivity index (χ1n) is 8.17. The fourth-order valence-corrected chi connectivity index (χ4v) is 2.50. The number of hydrogen-bond acceptors (Lipinski definition) is 3. The smallest absolute Gasteiger partial charge is 0.311 e. The molecule has 0 bridgehead atoms. The maximum absolute atomic E-state index is 12.3. The molecule has 0 saturated heterocycles. The Morgan fingerprint density at radius 3 is 1.88 bits per heavy atom. The molecule has 0 aliphatic carbocycles. The topological polar surface area (TPSA) is 43.4 Å². The molecular formula is C22H18O3. The van der Waals surface area contributed by atoms with Gasteiger partial charge in [-0.2, -0.15) is 0 Å². The van der Waals surface area contributed by atoms with E-state index < -0.39 is 0 Å². The predicted octanol–water partition coefficient (Wildman–Crippen LogP) is 4.46. The van der Waals surface area contributed by atoms with E-state index in [4.69, 9.17) is 4.74 Å². The van der Waals surface area contributed by atoms with E-state index in [2.05, 4.69) is 0 Å². The number of ketones is 1. The summed E-state index contributed by atoms with van der Waals surface area (Å²) >= 11 is 0. The lowest BCUT2D eigenvalue weighted by Crippen LogP contribution is -2.09. The standard InChI is InChI=1S/C22H18O3/c23-21(16-11-17-7-3-1-4-8-17)25-20-14-12-19(13-15-20)22(24)18-9-5-2-6-10-18/h1-10,12-15H,11,16H2. The van der Waals surface area contributed by atoms with Gasteiger partial charge in [0.2, 0.25) is 0 Å². The van der Waals surface area contributed by atoms with Gasteiger partial charge in [-0.15, -0.1) is 0 Å². The summed E-state index contributed by atoms with van der Waals surface area (Å²) < 4.78 is 5.33. The third-order valence-corrected chi connectivity index (χ3v) is 3.84. The normalized spacial score (nSPS) is 10.2. The fourth-order valence-electron chi connectivity index (χ4n) is 2.50. The zero-order valence-corrected chi connectivity index (χ0v) is 13.7. The van der Waals surface area contributed by atoms with Crippen LogP contribution in [0.25, 0.3) is 0 Å². The van der Waals surface area contributed by atoms with E-state index in [1.165, 1.54) is 0 Å². The van der Waals surface area contributed by atoms with E-state index in [1.54, 1.807) is 36.4 Å². The van der Waals surface area contributed by atoms with Crippen molar-refractivity contribution in [1.82, 2.24) is 0 Å². The van der Waals surface area contributed by atoms with Crippen LogP contribution in [-0.2, 0) is 11.2 Å². The first-order valence-corrected chi connectivity index (χ1v) is 8.17. The van der Waals surface area contributed by atoms with Gasteiger partial charge in [-0.05, 0) is 36.2 Å². The van der Waals surface area contributed by atoms with Gasteiger partial charge in [0.25, 0.3) is 0 Å². The van der Waals surface area contributed by atoms with Gasteiger partial charge >= 0.3 is 5.97 Å². The highest BCUT2D eigenvalue weighted by atomic mass is 16.5. The van der Waals surface area contributed by atoms with E-state index in [0.29, 0.717) is 29.7 Å². The summed E-state index contributed by atoms with van der Waals surface area (Å²) in [6, 6.07) is 25.5. The molecule has 3 aromatic carbocycles. The Hall–Kier alpha value is -3.20. The van der Waals surface area contributed by atoms with Crippen molar-refractivity contribution >= 4 is 11.8 Å². The minimum atomic E-state index is -0.286. The Bertz CT molecular complexity index is 837. The van der Waals surface area contributed by atoms with Gasteiger partial charge in [-0.25, -0.2) is 0 Å². The van der Waals surface area contributed by atoms with Gasteiger partial charge in [-0.3, -0.25) is 9.59 Å². The second-order valence-electron chi connectivity index (χ2n) is 5.68. The van der Waals surface area contributed by atoms with Crippen molar-refractivity contribution in [2.45, 2.75) is 12.8 Å². The average Bonchev–Trinajstić information content (AvgIpc) is 2.68. The van der Waals surface area contributed by atoms with Crippen LogP contribution in [0, 0.1) is 0 Å². The first kappa shape index (κ1) is 16.7. The molecule has 124 valence electrons. The van der Waals surface area contributed by atoms with Crippen LogP contribution in [-0.4, -0.2) is 11.8 Å². The number of rotatable bonds is 6. The van der Waals surface area contributed by atoms with E-state index in [0.717, 1.165) is 5.56 Å². The van der Waals surface area contributed by atoms with Crippen molar-refractivity contribution in [2.24, 2.45) is 0 Å². The highest BCUT2D eigenvalue weighted by Crippen LogP contribution is 2.16. The van der Waals surface area contributed by atoms with Crippen molar-refractivity contribution in [2.75, 3.05) is 0 Å². The Balaban J connectivity index is 1.57. The maximum atomic E-state index is 12.3. The molecule has 3 rings (SSSR count). The Morgan fingerprint density at radius 1 is 0.680 bits per heavy atom. The molecule has 3 aromatic rings. The summed E-state index contributed by atoms with van der Waals surface area (Å²) in [7, 11) is 0. The molecule has 0 fully saturated rings. The molecule has 0 atom stereocenters. The third kappa shape index (κ3) is 4.64. The van der Waals surface area contributed by atoms with Crippen molar-refractivity contribution in [3.8, 4) is 5.75 Å². The number of hydrogen-bond donors (Lipinski definition) is 0. The Morgan fingerprint density at radius 2 is 1.24 bits per heavy atom. The zero-order valence-electron chi connectivity index (χ0n) is 13.7. The number of aryl methyl sites for hydroxylation is 1. The van der Waals surface area contributed by atoms with E-state index in [1.807, 2.05) is 48.5 Å². The molecule has 25 heavy (non-hydrogen) atoms. The average molecular weight is 330 g/mol. The van der Waals surface area contributed by atoms with E-state index in [9.17, 15) is 9.59 Å². The largest absolute Gasteiger partial charge is 0.427 e. The van der Waals surface area contributed by atoms with Gasteiger partial charge in [0.1, 0.15) is 5.75 Å². The third-order valence-electron chi connectivity index (χ3n) is 3.84. The molecule has 0 aliphatic heterocycles. The van der Waals surface area contributed by atoms with Crippen LogP contribution in [0.1, 0.15) is 27.9 Å². The Kier molecular flexibility index (Phi) is 5.37. The molecule has 0 unspecified atom stereocenters. The summed E-state index contributed by atoms with van der Waals surface area (Å²) in [5.74, 6) is 0.108. The number of carbonyl (C=O) groups is 2. The molecule has 0 radical (unpaired) electrons. The van der Waals surface area contributed by atoms with Gasteiger partial charge in [0, 0.05) is 17.5 Å². The molecule has 0 saturated carbocycles. The minimum Gasteiger partial charge on any atom is -0.427 e. The van der Waals surface area contributed by atoms with Gasteiger partial charge in [0.05, 0.1) is 0 Å². The van der Waals surface area contributed by atoms with Crippen LogP contribution in [0.2, 0.25) is 0 Å². The second kappa shape index (κ2) is 8.06. The molecule has 0 heterocycles. The molecule has 0 aromatic heterocycles. The molecule has 0 spiro atoms. The molecule has 0 amide bonds. The zero-order chi connectivity index (χ0) is 17.5. The van der Waals surface area contributed by atoms with Gasteiger partial charge in [-0.1, -0.05) is 60.7 Å². The Labute approximate surface area is 146 Å². The molecule has 0 aliphatic rings. The van der Waals surface area contributed by atoms with Crippen LogP contribution in [0.15, 0.2) is 84.9 Å². The minimum absolute atomic E-state index is 0.0532. The van der Waals surface area contributed by atoms with E-state index in [-0.39, 0.29) is 11.8 Å². The summed E-state index contributed by atoms with van der Waals surface area (Å²) in [6.07, 6.45) is 0.957. The summed E-state index contributed by atoms with van der Waals surface area (Å²) in [5, 5.41) is 0. The number of benzene rings is 3. The van der Waals surface area contributed by atoms with Crippen LogP contribution < -0.4 is 4.74 Å². The lowest BCUT2D eigenvalue weighted by Gasteiger charge is -2.06. The highest BCUT2D eigenvalue weighted by Gasteiger charge is 2.10. The predicted molar refractivity (Wildman–Crippen MR) is 96.7 cm³/mol. The first-order chi connectivity index (χ1) is 12.2. The van der Waals surface area contributed by atoms with Crippen molar-refractivity contribution in [1.29, 1.82) is 0 Å². The summed E-state index contributed by atoms with van der Waals surface area (Å²) in [6.45, 7) is 0. The van der Waals surface area contributed by atoms with Crippen molar-refractivity contribution < 1.29 is 14.3 Å². The molecule has 0 N–H and O–H groups in total. The van der Waals surface area contributed by atoms with Gasteiger partial charge in [0.15, 0.2) is 5.78 Å². The summed E-state index contributed by atoms with van der Waals surface area (Å²) in [5.41, 5.74) is 2.30. The molecule has 3 nitrogen and oxygen atoms in total. The monoisotopic (exact) mass is 330 g/mol.